The van der Waals surface area contributed by atoms with Crippen LogP contribution < -0.4 is 5.32 Å². The monoisotopic (exact) mass is 464 g/mol. The highest BCUT2D eigenvalue weighted by molar-refractivity contribution is 7.91. The molecule has 2 amide bonds. The summed E-state index contributed by atoms with van der Waals surface area (Å²) in [5.74, 6) is -0.454. The van der Waals surface area contributed by atoms with Crippen LogP contribution in [-0.4, -0.2) is 48.6 Å². The zero-order chi connectivity index (χ0) is 21.5. The zero-order valence-electron chi connectivity index (χ0n) is 16.3. The maximum absolute atomic E-state index is 13.0. The van der Waals surface area contributed by atoms with Gasteiger partial charge in [0.05, 0.1) is 12.1 Å². The molecule has 0 spiro atoms. The number of anilines is 1. The Bertz CT molecular complexity index is 1130. The lowest BCUT2D eigenvalue weighted by molar-refractivity contribution is -0.129. The largest absolute Gasteiger partial charge is 0.337 e. The van der Waals surface area contributed by atoms with E-state index in [2.05, 4.69) is 11.4 Å². The van der Waals surface area contributed by atoms with Gasteiger partial charge < -0.3 is 10.2 Å². The van der Waals surface area contributed by atoms with Gasteiger partial charge in [-0.2, -0.15) is 9.57 Å². The number of hydrogen-bond acceptors (Lipinski definition) is 7. The van der Waals surface area contributed by atoms with Crippen LogP contribution in [0.5, 0.6) is 0 Å². The molecule has 1 fully saturated rings. The van der Waals surface area contributed by atoms with Crippen LogP contribution in [0.25, 0.3) is 0 Å². The van der Waals surface area contributed by atoms with Crippen LogP contribution >= 0.6 is 22.7 Å². The Morgan fingerprint density at radius 2 is 2.13 bits per heavy atom. The highest BCUT2D eigenvalue weighted by Gasteiger charge is 2.40. The van der Waals surface area contributed by atoms with Crippen molar-refractivity contribution in [1.29, 1.82) is 5.26 Å². The lowest BCUT2D eigenvalue weighted by Crippen LogP contribution is -2.42. The number of nitrogens with one attached hydrogen (secondary N) is 1. The number of nitrogens with zero attached hydrogens (tertiary/aromatic N) is 3. The number of sulfonamides is 1. The molecule has 2 aromatic rings. The average molecular weight is 465 g/mol. The molecule has 0 aliphatic carbocycles. The highest BCUT2D eigenvalue weighted by Crippen LogP contribution is 2.37. The van der Waals surface area contributed by atoms with Crippen molar-refractivity contribution in [3.8, 4) is 6.07 Å². The van der Waals surface area contributed by atoms with Crippen LogP contribution in [0, 0.1) is 11.3 Å². The van der Waals surface area contributed by atoms with Crippen molar-refractivity contribution in [2.24, 2.45) is 0 Å². The molecule has 2 aliphatic heterocycles. The second-order valence-corrected chi connectivity index (χ2v) is 11.4. The first kappa shape index (κ1) is 21.0. The molecule has 0 bridgehead atoms. The Balaban J connectivity index is 1.57. The second-order valence-electron chi connectivity index (χ2n) is 7.21. The predicted molar refractivity (Wildman–Crippen MR) is 114 cm³/mol. The average Bonchev–Trinajstić information content (AvgIpc) is 3.45. The number of carbonyl (C=O) groups excluding carboxylic acids is 2. The van der Waals surface area contributed by atoms with Crippen LogP contribution in [0.15, 0.2) is 21.7 Å². The number of hydrogen-bond donors (Lipinski definition) is 1. The van der Waals surface area contributed by atoms with Gasteiger partial charge >= 0.3 is 0 Å². The lowest BCUT2D eigenvalue weighted by Gasteiger charge is -2.25. The van der Waals surface area contributed by atoms with E-state index in [1.807, 2.05) is 0 Å². The molecule has 0 unspecified atom stereocenters. The van der Waals surface area contributed by atoms with E-state index in [1.54, 1.807) is 16.3 Å². The first-order valence-electron chi connectivity index (χ1n) is 9.49. The third-order valence-electron chi connectivity index (χ3n) is 5.42. The normalized spacial score (nSPS) is 19.3. The standard InChI is InChI=1S/C19H20N4O4S3/c1-12(24)22-8-6-13-14(10-20)19(29-16(13)11-22)21-18(25)15-4-2-7-23(15)30(26,27)17-5-3-9-28-17/h3,5,9,15H,2,4,6-8,11H2,1H3,(H,21,25)/t15-/m1/s1. The van der Waals surface area contributed by atoms with Crippen molar-refractivity contribution in [2.45, 2.75) is 43.0 Å². The van der Waals surface area contributed by atoms with Crippen LogP contribution in [0.2, 0.25) is 0 Å². The summed E-state index contributed by atoms with van der Waals surface area (Å²) in [6.45, 7) is 2.76. The maximum Gasteiger partial charge on any atom is 0.253 e. The summed E-state index contributed by atoms with van der Waals surface area (Å²) in [7, 11) is -3.73. The van der Waals surface area contributed by atoms with Gasteiger partial charge in [-0.1, -0.05) is 6.07 Å². The molecule has 0 radical (unpaired) electrons. The van der Waals surface area contributed by atoms with E-state index in [9.17, 15) is 23.3 Å². The molecule has 158 valence electrons. The molecule has 0 saturated carbocycles. The van der Waals surface area contributed by atoms with Crippen molar-refractivity contribution >= 4 is 49.5 Å². The summed E-state index contributed by atoms with van der Waals surface area (Å²) < 4.78 is 27.3. The van der Waals surface area contributed by atoms with Gasteiger partial charge in [-0.25, -0.2) is 8.42 Å². The third kappa shape index (κ3) is 3.65. The van der Waals surface area contributed by atoms with Crippen LogP contribution in [-0.2, 0) is 32.6 Å². The highest BCUT2D eigenvalue weighted by atomic mass is 32.2. The molecular formula is C19H20N4O4S3. The molecule has 11 heteroatoms. The summed E-state index contributed by atoms with van der Waals surface area (Å²) in [5, 5.41) is 14.6. The fraction of sp³-hybridized carbons (Fsp3) is 0.421. The molecular weight excluding hydrogens is 444 g/mol. The first-order valence-corrected chi connectivity index (χ1v) is 12.6. The molecule has 30 heavy (non-hydrogen) atoms. The number of fused-ring (bicyclic) bond motifs is 1. The second kappa shape index (κ2) is 8.11. The van der Waals surface area contributed by atoms with E-state index in [4.69, 9.17) is 0 Å². The van der Waals surface area contributed by atoms with E-state index in [0.29, 0.717) is 42.9 Å². The Morgan fingerprint density at radius 3 is 2.80 bits per heavy atom. The number of nitriles is 1. The minimum absolute atomic E-state index is 0.0291. The van der Waals surface area contributed by atoms with E-state index in [1.165, 1.54) is 28.6 Å². The van der Waals surface area contributed by atoms with Gasteiger partial charge in [0.15, 0.2) is 0 Å². The Labute approximate surface area is 182 Å². The predicted octanol–water partition coefficient (Wildman–Crippen LogP) is 2.38. The molecule has 1 atom stereocenters. The number of carbonyl (C=O) groups is 2. The topological polar surface area (TPSA) is 111 Å². The fourth-order valence-corrected chi connectivity index (χ4v) is 7.88. The summed E-state index contributed by atoms with van der Waals surface area (Å²) in [6.07, 6.45) is 1.59. The van der Waals surface area contributed by atoms with Gasteiger partial charge in [-0.15, -0.1) is 22.7 Å². The van der Waals surface area contributed by atoms with Gasteiger partial charge in [0.1, 0.15) is 21.3 Å². The first-order chi connectivity index (χ1) is 14.3. The van der Waals surface area contributed by atoms with Gasteiger partial charge in [-0.05, 0) is 36.3 Å². The molecule has 8 nitrogen and oxygen atoms in total. The van der Waals surface area contributed by atoms with Gasteiger partial charge in [0.25, 0.3) is 10.0 Å². The quantitative estimate of drug-likeness (QED) is 0.747. The van der Waals surface area contributed by atoms with E-state index in [0.717, 1.165) is 21.8 Å². The summed E-state index contributed by atoms with van der Waals surface area (Å²) in [4.78, 5) is 27.3. The molecule has 2 aromatic heterocycles. The Morgan fingerprint density at radius 1 is 1.33 bits per heavy atom. The molecule has 1 N–H and O–H groups in total. The molecule has 4 heterocycles. The van der Waals surface area contributed by atoms with Gasteiger partial charge in [0, 0.05) is 24.9 Å². The molecule has 1 saturated heterocycles. The minimum Gasteiger partial charge on any atom is -0.337 e. The van der Waals surface area contributed by atoms with Crippen LogP contribution in [0.1, 0.15) is 35.8 Å². The lowest BCUT2D eigenvalue weighted by atomic mass is 10.0. The Hall–Kier alpha value is -2.26. The maximum atomic E-state index is 13.0. The summed E-state index contributed by atoms with van der Waals surface area (Å²) in [6, 6.07) is 4.57. The van der Waals surface area contributed by atoms with Crippen LogP contribution in [0.4, 0.5) is 5.00 Å². The number of rotatable bonds is 4. The Kier molecular flexibility index (Phi) is 5.67. The summed E-state index contributed by atoms with van der Waals surface area (Å²) >= 11 is 2.41. The van der Waals surface area contributed by atoms with Crippen molar-refractivity contribution < 1.29 is 18.0 Å². The SMILES string of the molecule is CC(=O)N1CCc2c(sc(NC(=O)[C@H]3CCCN3S(=O)(=O)c3cccs3)c2C#N)C1. The number of thiophene rings is 2. The molecule has 2 aliphatic rings. The fourth-order valence-electron chi connectivity index (χ4n) is 3.89. The smallest absolute Gasteiger partial charge is 0.253 e. The summed E-state index contributed by atoms with van der Waals surface area (Å²) in [5.41, 5.74) is 1.28. The van der Waals surface area contributed by atoms with Crippen molar-refractivity contribution in [1.82, 2.24) is 9.21 Å². The van der Waals surface area contributed by atoms with Gasteiger partial charge in [-0.3, -0.25) is 9.59 Å². The minimum atomic E-state index is -3.73. The van der Waals surface area contributed by atoms with Crippen molar-refractivity contribution in [2.75, 3.05) is 18.4 Å². The van der Waals surface area contributed by atoms with Gasteiger partial charge in [0.2, 0.25) is 11.8 Å². The van der Waals surface area contributed by atoms with Crippen LogP contribution in [0.3, 0.4) is 0 Å². The van der Waals surface area contributed by atoms with E-state index in [-0.39, 0.29) is 16.7 Å². The zero-order valence-corrected chi connectivity index (χ0v) is 18.7. The van der Waals surface area contributed by atoms with E-state index < -0.39 is 22.0 Å². The number of amides is 2. The van der Waals surface area contributed by atoms with Crippen molar-refractivity contribution in [3.05, 3.63) is 33.5 Å². The third-order valence-corrected chi connectivity index (χ3v) is 9.83. The van der Waals surface area contributed by atoms with Crippen molar-refractivity contribution in [3.63, 3.8) is 0 Å². The molecule has 0 aromatic carbocycles. The molecule has 4 rings (SSSR count). The van der Waals surface area contributed by atoms with E-state index >= 15 is 0 Å².